The van der Waals surface area contributed by atoms with Crippen LogP contribution in [-0.4, -0.2) is 89.0 Å². The fourth-order valence-electron chi connectivity index (χ4n) is 4.86. The van der Waals surface area contributed by atoms with Crippen LogP contribution in [-0.2, 0) is 28.5 Å². The largest absolute Gasteiger partial charge is 0.461 e. The number of carbonyl (C=O) groups is 2. The van der Waals surface area contributed by atoms with Crippen molar-refractivity contribution in [3.05, 3.63) is 122 Å². The van der Waals surface area contributed by atoms with Crippen molar-refractivity contribution in [2.45, 2.75) is 128 Å². The van der Waals surface area contributed by atoms with Gasteiger partial charge < -0.3 is 39.4 Å². The highest BCUT2D eigenvalue weighted by molar-refractivity contribution is 5.72. The van der Waals surface area contributed by atoms with Crippen LogP contribution in [0, 0.1) is 0 Å². The number of rotatable bonds is 29. The lowest BCUT2D eigenvalue weighted by Gasteiger charge is -2.39. The molecule has 1 heterocycles. The Kier molecular flexibility index (Phi) is 30.9. The van der Waals surface area contributed by atoms with Crippen LogP contribution >= 0.6 is 0 Å². The van der Waals surface area contributed by atoms with Crippen molar-refractivity contribution in [2.75, 3.05) is 19.8 Å². The molecule has 306 valence electrons. The summed E-state index contributed by atoms with van der Waals surface area (Å²) >= 11 is 0. The lowest BCUT2D eigenvalue weighted by Crippen LogP contribution is -2.59. The normalized spacial score (nSPS) is 21.9. The molecule has 1 aliphatic rings. The van der Waals surface area contributed by atoms with E-state index in [1.807, 2.05) is 30.4 Å². The van der Waals surface area contributed by atoms with Gasteiger partial charge >= 0.3 is 11.9 Å². The second kappa shape index (κ2) is 34.6. The van der Waals surface area contributed by atoms with Crippen LogP contribution in [0.4, 0.5) is 0 Å². The zero-order chi connectivity index (χ0) is 40.2. The number of hydrogen-bond acceptors (Lipinski definition) is 10. The van der Waals surface area contributed by atoms with E-state index < -0.39 is 55.4 Å². The average Bonchev–Trinajstić information content (AvgIpc) is 3.18. The Bertz CT molecular complexity index is 1300. The van der Waals surface area contributed by atoms with E-state index in [0.717, 1.165) is 51.4 Å². The Morgan fingerprint density at radius 2 is 0.909 bits per heavy atom. The van der Waals surface area contributed by atoms with Crippen molar-refractivity contribution >= 4 is 11.9 Å². The molecule has 1 rings (SSSR count). The van der Waals surface area contributed by atoms with E-state index in [4.69, 9.17) is 18.9 Å². The van der Waals surface area contributed by atoms with E-state index >= 15 is 0 Å². The smallest absolute Gasteiger partial charge is 0.310 e. The minimum atomic E-state index is -1.63. The highest BCUT2D eigenvalue weighted by Gasteiger charge is 2.44. The lowest BCUT2D eigenvalue weighted by atomic mass is 9.99. The van der Waals surface area contributed by atoms with Crippen molar-refractivity contribution < 1.29 is 49.0 Å². The molecule has 0 bridgehead atoms. The van der Waals surface area contributed by atoms with E-state index in [2.05, 4.69) is 92.8 Å². The number of hydrogen-bond donors (Lipinski definition) is 4. The van der Waals surface area contributed by atoms with Crippen molar-refractivity contribution in [1.29, 1.82) is 0 Å². The van der Waals surface area contributed by atoms with E-state index in [0.29, 0.717) is 12.8 Å². The van der Waals surface area contributed by atoms with Gasteiger partial charge in [-0.05, 0) is 64.2 Å². The Morgan fingerprint density at radius 3 is 1.31 bits per heavy atom. The molecule has 55 heavy (non-hydrogen) atoms. The molecule has 0 unspecified atom stereocenters. The van der Waals surface area contributed by atoms with Gasteiger partial charge in [0.1, 0.15) is 31.0 Å². The molecule has 0 aromatic carbocycles. The first-order chi connectivity index (χ1) is 26.8. The summed E-state index contributed by atoms with van der Waals surface area (Å²) in [7, 11) is 0. The van der Waals surface area contributed by atoms with Crippen LogP contribution in [0.5, 0.6) is 0 Å². The molecule has 0 saturated carbocycles. The quantitative estimate of drug-likeness (QED) is 0.0444. The average molecular weight is 767 g/mol. The van der Waals surface area contributed by atoms with E-state index in [1.54, 1.807) is 12.2 Å². The molecule has 10 heteroatoms. The number of esters is 2. The minimum Gasteiger partial charge on any atom is -0.461 e. The van der Waals surface area contributed by atoms with Crippen molar-refractivity contribution in [1.82, 2.24) is 0 Å². The van der Waals surface area contributed by atoms with Crippen LogP contribution in [0.15, 0.2) is 122 Å². The first-order valence-electron chi connectivity index (χ1n) is 19.6. The van der Waals surface area contributed by atoms with Crippen LogP contribution in [0.1, 0.15) is 90.9 Å². The summed E-state index contributed by atoms with van der Waals surface area (Å²) in [4.78, 5) is 25.1. The van der Waals surface area contributed by atoms with Crippen molar-refractivity contribution in [2.24, 2.45) is 0 Å². The molecule has 0 aliphatic carbocycles. The van der Waals surface area contributed by atoms with Gasteiger partial charge in [-0.1, -0.05) is 135 Å². The highest BCUT2D eigenvalue weighted by Crippen LogP contribution is 2.22. The summed E-state index contributed by atoms with van der Waals surface area (Å²) in [6.07, 6.45) is 41.2. The summed E-state index contributed by atoms with van der Waals surface area (Å²) in [5.74, 6) is -1.12. The molecule has 0 aromatic heterocycles. The van der Waals surface area contributed by atoms with Gasteiger partial charge in [-0.25, -0.2) is 0 Å². The van der Waals surface area contributed by atoms with Gasteiger partial charge in [0.15, 0.2) is 12.4 Å². The zero-order valence-corrected chi connectivity index (χ0v) is 32.9. The molecule has 0 aromatic rings. The van der Waals surface area contributed by atoms with Crippen molar-refractivity contribution in [3.8, 4) is 0 Å². The zero-order valence-electron chi connectivity index (χ0n) is 32.9. The maximum absolute atomic E-state index is 12.7. The predicted molar refractivity (Wildman–Crippen MR) is 219 cm³/mol. The van der Waals surface area contributed by atoms with Crippen LogP contribution < -0.4 is 0 Å². The van der Waals surface area contributed by atoms with Gasteiger partial charge in [0.2, 0.25) is 0 Å². The number of allylic oxidation sites excluding steroid dienone is 18. The van der Waals surface area contributed by atoms with Gasteiger partial charge in [-0.3, -0.25) is 9.59 Å². The van der Waals surface area contributed by atoms with Gasteiger partial charge in [-0.15, -0.1) is 0 Å². The molecule has 0 radical (unpaired) electrons. The fraction of sp³-hybridized carbons (Fsp3) is 0.511. The first kappa shape index (κ1) is 49.1. The number of carbonyl (C=O) groups excluding carboxylic acids is 2. The third kappa shape index (κ3) is 26.5. The summed E-state index contributed by atoms with van der Waals surface area (Å²) in [6.45, 7) is 2.94. The molecular weight excluding hydrogens is 700 g/mol. The monoisotopic (exact) mass is 766 g/mol. The van der Waals surface area contributed by atoms with Crippen LogP contribution in [0.2, 0.25) is 0 Å². The topological polar surface area (TPSA) is 152 Å². The minimum absolute atomic E-state index is 0.0157. The molecule has 6 atom stereocenters. The number of aliphatic hydroxyl groups is 4. The van der Waals surface area contributed by atoms with Gasteiger partial charge in [0, 0.05) is 0 Å². The van der Waals surface area contributed by atoms with E-state index in [-0.39, 0.29) is 26.1 Å². The molecule has 0 amide bonds. The maximum atomic E-state index is 12.7. The summed E-state index contributed by atoms with van der Waals surface area (Å²) in [6, 6.07) is 0. The van der Waals surface area contributed by atoms with Crippen LogP contribution in [0.3, 0.4) is 0 Å². The molecule has 10 nitrogen and oxygen atoms in total. The Morgan fingerprint density at radius 1 is 0.527 bits per heavy atom. The highest BCUT2D eigenvalue weighted by atomic mass is 16.7. The number of aliphatic hydroxyl groups excluding tert-OH is 4. The standard InChI is InChI=1S/C45H66O10/c1-3-5-7-9-11-13-15-17-19-21-23-25-27-29-31-33-40(47)52-36-38(37-53-45-44(51)43(50)42(49)39(35-46)55-45)54-41(48)34-32-30-28-26-24-22-20-18-16-14-12-10-8-6-4-2/h5-8,11-14,17-20,23-26,29-32,38-39,42-46,49-51H,3-4,9-10,15-16,21-22,27-28,33-37H2,1-2H3/b7-5-,8-6-,13-11-,14-12-,19-17-,20-18-,25-23-,26-24-,31-29-,32-30-/t38-,39-,42+,43+,44-,45-/m1/s1. The molecule has 1 aliphatic heterocycles. The Labute approximate surface area is 329 Å². The molecule has 0 spiro atoms. The first-order valence-corrected chi connectivity index (χ1v) is 19.6. The summed E-state index contributed by atoms with van der Waals surface area (Å²) < 4.78 is 21.8. The van der Waals surface area contributed by atoms with Gasteiger partial charge in [-0.2, -0.15) is 0 Å². The molecule has 1 fully saturated rings. The molecule has 1 saturated heterocycles. The molecular formula is C45H66O10. The van der Waals surface area contributed by atoms with Gasteiger partial charge in [0.05, 0.1) is 26.1 Å². The van der Waals surface area contributed by atoms with Gasteiger partial charge in [0.25, 0.3) is 0 Å². The number of ether oxygens (including phenoxy) is 4. The lowest BCUT2D eigenvalue weighted by molar-refractivity contribution is -0.305. The van der Waals surface area contributed by atoms with E-state index in [1.165, 1.54) is 0 Å². The second-order valence-corrected chi connectivity index (χ2v) is 12.6. The predicted octanol–water partition coefficient (Wildman–Crippen LogP) is 7.54. The van der Waals surface area contributed by atoms with E-state index in [9.17, 15) is 30.0 Å². The van der Waals surface area contributed by atoms with Crippen molar-refractivity contribution in [3.63, 3.8) is 0 Å². The maximum Gasteiger partial charge on any atom is 0.310 e. The SMILES string of the molecule is CC/C=C\C/C=C\C/C=C\C/C=C\C/C=C\CC(=O)OC[C@H](CO[C@@H]1O[C@H](CO)[C@H](O)[C@H](O)[C@H]1O)OC(=O)C/C=C\C/C=C\C/C=C\C/C=C\C/C=C\CC. The molecule has 4 N–H and O–H groups in total. The summed E-state index contributed by atoms with van der Waals surface area (Å²) in [5, 5.41) is 39.9. The van der Waals surface area contributed by atoms with Crippen LogP contribution in [0.25, 0.3) is 0 Å². The summed E-state index contributed by atoms with van der Waals surface area (Å²) in [5.41, 5.74) is 0. The second-order valence-electron chi connectivity index (χ2n) is 12.6. The third-order valence-electron chi connectivity index (χ3n) is 7.91. The third-order valence-corrected chi connectivity index (χ3v) is 7.91. The fourth-order valence-corrected chi connectivity index (χ4v) is 4.86. The Balaban J connectivity index is 2.54. The Hall–Kier alpha value is -3.90.